The van der Waals surface area contributed by atoms with E-state index in [4.69, 9.17) is 9.84 Å². The first-order chi connectivity index (χ1) is 6.49. The first-order valence-corrected chi connectivity index (χ1v) is 4.64. The molecule has 3 heteroatoms. The van der Waals surface area contributed by atoms with E-state index in [2.05, 4.69) is 25.8 Å². The molecular weight excluding hydrogens is 178 g/mol. The summed E-state index contributed by atoms with van der Waals surface area (Å²) in [5, 5.41) is 9.02. The van der Waals surface area contributed by atoms with E-state index in [-0.39, 0.29) is 12.0 Å². The van der Waals surface area contributed by atoms with Gasteiger partial charge in [0.15, 0.2) is 0 Å². The van der Waals surface area contributed by atoms with Gasteiger partial charge in [-0.1, -0.05) is 20.8 Å². The van der Waals surface area contributed by atoms with Crippen LogP contribution in [0.1, 0.15) is 32.0 Å². The fourth-order valence-electron chi connectivity index (χ4n) is 1.18. The molecule has 0 radical (unpaired) electrons. The van der Waals surface area contributed by atoms with Crippen LogP contribution in [0.5, 0.6) is 5.88 Å². The van der Waals surface area contributed by atoms with Gasteiger partial charge < -0.3 is 9.84 Å². The lowest BCUT2D eigenvalue weighted by molar-refractivity contribution is 0.271. The highest BCUT2D eigenvalue weighted by Crippen LogP contribution is 2.24. The highest BCUT2D eigenvalue weighted by Gasteiger charge is 2.17. The van der Waals surface area contributed by atoms with Gasteiger partial charge in [-0.05, 0) is 12.1 Å². The highest BCUT2D eigenvalue weighted by molar-refractivity contribution is 5.29. The van der Waals surface area contributed by atoms with Crippen LogP contribution >= 0.6 is 0 Å². The second-order valence-corrected chi connectivity index (χ2v) is 4.27. The van der Waals surface area contributed by atoms with Gasteiger partial charge in [-0.3, -0.25) is 0 Å². The summed E-state index contributed by atoms with van der Waals surface area (Å²) in [4.78, 5) is 4.35. The van der Waals surface area contributed by atoms with E-state index in [0.29, 0.717) is 5.88 Å². The third-order valence-corrected chi connectivity index (χ3v) is 2.07. The molecule has 0 saturated carbocycles. The minimum Gasteiger partial charge on any atom is -0.481 e. The number of rotatable bonds is 2. The molecule has 1 heterocycles. The summed E-state index contributed by atoms with van der Waals surface area (Å²) >= 11 is 0. The van der Waals surface area contributed by atoms with Crippen LogP contribution in [-0.2, 0) is 12.0 Å². The Morgan fingerprint density at radius 1 is 1.36 bits per heavy atom. The predicted octanol–water partition coefficient (Wildman–Crippen LogP) is 1.88. The molecule has 0 fully saturated rings. The van der Waals surface area contributed by atoms with Gasteiger partial charge in [0.2, 0.25) is 5.88 Å². The Morgan fingerprint density at radius 2 is 2.00 bits per heavy atom. The topological polar surface area (TPSA) is 42.4 Å². The number of hydrogen-bond acceptors (Lipinski definition) is 3. The summed E-state index contributed by atoms with van der Waals surface area (Å²) < 4.78 is 5.10. The zero-order valence-corrected chi connectivity index (χ0v) is 9.16. The second kappa shape index (κ2) is 3.96. The minimum atomic E-state index is -0.0411. The molecule has 1 rings (SSSR count). The van der Waals surface area contributed by atoms with E-state index in [1.807, 2.05) is 12.1 Å². The van der Waals surface area contributed by atoms with Crippen LogP contribution in [0.4, 0.5) is 0 Å². The first kappa shape index (κ1) is 11.0. The Morgan fingerprint density at radius 3 is 2.43 bits per heavy atom. The fourth-order valence-corrected chi connectivity index (χ4v) is 1.18. The van der Waals surface area contributed by atoms with Crippen LogP contribution in [0.2, 0.25) is 0 Å². The van der Waals surface area contributed by atoms with Crippen LogP contribution < -0.4 is 4.74 Å². The van der Waals surface area contributed by atoms with Crippen molar-refractivity contribution >= 4 is 0 Å². The number of aliphatic hydroxyl groups excluding tert-OH is 1. The van der Waals surface area contributed by atoms with Gasteiger partial charge in [-0.25, -0.2) is 4.98 Å². The number of hydrogen-bond donors (Lipinski definition) is 1. The minimum absolute atomic E-state index is 0.00126. The third-order valence-electron chi connectivity index (χ3n) is 2.07. The molecular formula is C11H17NO2. The highest BCUT2D eigenvalue weighted by atomic mass is 16.5. The van der Waals surface area contributed by atoms with Crippen LogP contribution in [0.15, 0.2) is 12.1 Å². The Labute approximate surface area is 84.7 Å². The molecule has 0 saturated heterocycles. The summed E-state index contributed by atoms with van der Waals surface area (Å²) in [5.41, 5.74) is 1.69. The second-order valence-electron chi connectivity index (χ2n) is 4.27. The Kier molecular flexibility index (Phi) is 3.11. The molecule has 14 heavy (non-hydrogen) atoms. The van der Waals surface area contributed by atoms with Crippen molar-refractivity contribution in [1.29, 1.82) is 0 Å². The molecule has 0 aliphatic rings. The molecule has 0 aliphatic carbocycles. The molecule has 0 spiro atoms. The summed E-state index contributed by atoms with van der Waals surface area (Å²) in [7, 11) is 1.56. The van der Waals surface area contributed by atoms with Crippen molar-refractivity contribution in [2.75, 3.05) is 7.11 Å². The van der Waals surface area contributed by atoms with Gasteiger partial charge in [0.1, 0.15) is 0 Å². The number of pyridine rings is 1. The number of methoxy groups -OCH3 is 1. The quantitative estimate of drug-likeness (QED) is 0.783. The van der Waals surface area contributed by atoms with Crippen LogP contribution in [0, 0.1) is 0 Å². The molecule has 0 aromatic carbocycles. The fraction of sp³-hybridized carbons (Fsp3) is 0.545. The van der Waals surface area contributed by atoms with Crippen molar-refractivity contribution in [2.24, 2.45) is 0 Å². The lowest BCUT2D eigenvalue weighted by atomic mass is 9.91. The van der Waals surface area contributed by atoms with Gasteiger partial charge in [0.05, 0.1) is 13.7 Å². The molecule has 1 aromatic heterocycles. The van der Waals surface area contributed by atoms with E-state index in [0.717, 1.165) is 11.3 Å². The van der Waals surface area contributed by atoms with Gasteiger partial charge in [-0.15, -0.1) is 0 Å². The lowest BCUT2D eigenvalue weighted by Crippen LogP contribution is -2.14. The first-order valence-electron chi connectivity index (χ1n) is 4.64. The predicted molar refractivity (Wildman–Crippen MR) is 55.4 cm³/mol. The van der Waals surface area contributed by atoms with Gasteiger partial charge >= 0.3 is 0 Å². The molecule has 0 atom stereocenters. The van der Waals surface area contributed by atoms with E-state index >= 15 is 0 Å². The van der Waals surface area contributed by atoms with Crippen LogP contribution in [0.25, 0.3) is 0 Å². The number of ether oxygens (including phenoxy) is 1. The zero-order chi connectivity index (χ0) is 10.8. The summed E-state index contributed by atoms with van der Waals surface area (Å²) in [5.74, 6) is 0.514. The Bertz CT molecular complexity index is 316. The van der Waals surface area contributed by atoms with Gasteiger partial charge in [0, 0.05) is 16.7 Å². The van der Waals surface area contributed by atoms with Crippen molar-refractivity contribution in [2.45, 2.75) is 32.8 Å². The SMILES string of the molecule is COc1nc(C(C)(C)C)ccc1CO. The van der Waals surface area contributed by atoms with E-state index in [1.54, 1.807) is 7.11 Å². The van der Waals surface area contributed by atoms with Crippen molar-refractivity contribution in [1.82, 2.24) is 4.98 Å². The van der Waals surface area contributed by atoms with Crippen molar-refractivity contribution in [3.05, 3.63) is 23.4 Å². The van der Waals surface area contributed by atoms with Gasteiger partial charge in [-0.2, -0.15) is 0 Å². The number of nitrogens with zero attached hydrogens (tertiary/aromatic N) is 1. The summed E-state index contributed by atoms with van der Waals surface area (Å²) in [6.07, 6.45) is 0. The third kappa shape index (κ3) is 2.23. The van der Waals surface area contributed by atoms with Crippen molar-refractivity contribution < 1.29 is 9.84 Å². The molecule has 1 aromatic rings. The molecule has 78 valence electrons. The average molecular weight is 195 g/mol. The van der Waals surface area contributed by atoms with E-state index < -0.39 is 0 Å². The maximum Gasteiger partial charge on any atom is 0.218 e. The normalized spacial score (nSPS) is 11.5. The molecule has 1 N–H and O–H groups in total. The largest absolute Gasteiger partial charge is 0.481 e. The van der Waals surface area contributed by atoms with Crippen molar-refractivity contribution in [3.63, 3.8) is 0 Å². The van der Waals surface area contributed by atoms with Gasteiger partial charge in [0.25, 0.3) is 0 Å². The zero-order valence-electron chi connectivity index (χ0n) is 9.16. The summed E-state index contributed by atoms with van der Waals surface area (Å²) in [6, 6.07) is 3.78. The maximum absolute atomic E-state index is 9.02. The monoisotopic (exact) mass is 195 g/mol. The van der Waals surface area contributed by atoms with Crippen LogP contribution in [-0.4, -0.2) is 17.2 Å². The molecule has 0 bridgehead atoms. The smallest absolute Gasteiger partial charge is 0.218 e. The van der Waals surface area contributed by atoms with Crippen molar-refractivity contribution in [3.8, 4) is 5.88 Å². The summed E-state index contributed by atoms with van der Waals surface area (Å²) in [6.45, 7) is 6.23. The molecule has 0 aliphatic heterocycles. The number of aromatic nitrogens is 1. The van der Waals surface area contributed by atoms with E-state index in [9.17, 15) is 0 Å². The Balaban J connectivity index is 3.14. The Hall–Kier alpha value is -1.09. The lowest BCUT2D eigenvalue weighted by Gasteiger charge is -2.19. The molecule has 0 amide bonds. The molecule has 0 unspecified atom stereocenters. The standard InChI is InChI=1S/C11H17NO2/c1-11(2,3)9-6-5-8(7-13)10(12-9)14-4/h5-6,13H,7H2,1-4H3. The van der Waals surface area contributed by atoms with Crippen LogP contribution in [0.3, 0.4) is 0 Å². The maximum atomic E-state index is 9.02. The average Bonchev–Trinajstić information content (AvgIpc) is 2.15. The number of aliphatic hydroxyl groups is 1. The van der Waals surface area contributed by atoms with E-state index in [1.165, 1.54) is 0 Å². The molecule has 3 nitrogen and oxygen atoms in total.